The summed E-state index contributed by atoms with van der Waals surface area (Å²) in [6.45, 7) is 3.89. The Labute approximate surface area is 153 Å². The number of H-pyrrole nitrogens is 1. The van der Waals surface area contributed by atoms with Gasteiger partial charge in [0, 0.05) is 36.0 Å². The van der Waals surface area contributed by atoms with Crippen molar-refractivity contribution in [3.8, 4) is 0 Å². The van der Waals surface area contributed by atoms with Crippen LogP contribution in [0.5, 0.6) is 0 Å². The Morgan fingerprint density at radius 3 is 2.77 bits per heavy atom. The van der Waals surface area contributed by atoms with Crippen LogP contribution in [0.1, 0.15) is 30.6 Å². The topological polar surface area (TPSA) is 60.9 Å². The van der Waals surface area contributed by atoms with Gasteiger partial charge in [-0.1, -0.05) is 18.2 Å². The predicted molar refractivity (Wildman–Crippen MR) is 99.9 cm³/mol. The van der Waals surface area contributed by atoms with E-state index in [9.17, 15) is 9.59 Å². The lowest BCUT2D eigenvalue weighted by atomic mass is 9.90. The van der Waals surface area contributed by atoms with Gasteiger partial charge in [0.2, 0.25) is 11.8 Å². The normalized spacial score (nSPS) is 22.9. The smallest absolute Gasteiger partial charge is 0.246 e. The molecule has 0 radical (unpaired) electrons. The van der Waals surface area contributed by atoms with Crippen molar-refractivity contribution in [3.63, 3.8) is 0 Å². The summed E-state index contributed by atoms with van der Waals surface area (Å²) in [5, 5.41) is 1.17. The highest BCUT2D eigenvalue weighted by atomic mass is 16.2. The quantitative estimate of drug-likeness (QED) is 0.832. The number of piperazine rings is 1. The van der Waals surface area contributed by atoms with E-state index in [1.807, 2.05) is 19.1 Å². The van der Waals surface area contributed by atoms with Gasteiger partial charge >= 0.3 is 0 Å². The summed E-state index contributed by atoms with van der Waals surface area (Å²) in [5.74, 6) is 0.157. The number of nitrogens with zero attached hydrogens (tertiary/aromatic N) is 2. The first kappa shape index (κ1) is 17.1. The van der Waals surface area contributed by atoms with Gasteiger partial charge < -0.3 is 19.7 Å². The molecule has 4 rings (SSSR count). The van der Waals surface area contributed by atoms with Crippen molar-refractivity contribution in [2.75, 3.05) is 33.7 Å². The summed E-state index contributed by atoms with van der Waals surface area (Å²) >= 11 is 0. The summed E-state index contributed by atoms with van der Waals surface area (Å²) in [7, 11) is 4.21. The minimum Gasteiger partial charge on any atom is -0.356 e. The summed E-state index contributed by atoms with van der Waals surface area (Å²) in [6.07, 6.45) is 1.52. The van der Waals surface area contributed by atoms with Crippen LogP contribution < -0.4 is 4.90 Å². The number of rotatable bonds is 4. The molecule has 0 spiro atoms. The lowest BCUT2D eigenvalue weighted by molar-refractivity contribution is -0.858. The van der Waals surface area contributed by atoms with Crippen molar-refractivity contribution in [2.24, 2.45) is 0 Å². The van der Waals surface area contributed by atoms with Crippen molar-refractivity contribution in [3.05, 3.63) is 35.5 Å². The maximum absolute atomic E-state index is 13.1. The molecule has 2 amide bonds. The number of quaternary nitrogens is 1. The third-order valence-corrected chi connectivity index (χ3v) is 5.73. The Morgan fingerprint density at radius 2 is 2.00 bits per heavy atom. The summed E-state index contributed by atoms with van der Waals surface area (Å²) < 4.78 is 0. The number of aromatic amines is 1. The standard InChI is InChI=1S/C20H26N4O2/c1-13-19-15(14-7-4-5-8-16(14)21-19)11-17-20(26)23(10-6-9-22(2)3)12-18(25)24(13)17/h4-5,7-8,13,17,21H,6,9-12H2,1-3H3/p+1/t13-,17-/m0/s1. The maximum atomic E-state index is 13.1. The Morgan fingerprint density at radius 1 is 1.23 bits per heavy atom. The zero-order valence-corrected chi connectivity index (χ0v) is 15.7. The first-order valence-corrected chi connectivity index (χ1v) is 9.46. The van der Waals surface area contributed by atoms with Crippen LogP contribution in [0.25, 0.3) is 10.9 Å². The molecule has 1 fully saturated rings. The van der Waals surface area contributed by atoms with Gasteiger partial charge in [-0.2, -0.15) is 0 Å². The number of fused-ring (bicyclic) bond motifs is 4. The molecule has 1 aromatic heterocycles. The third-order valence-electron chi connectivity index (χ3n) is 5.73. The highest BCUT2D eigenvalue weighted by Gasteiger charge is 2.45. The first-order valence-electron chi connectivity index (χ1n) is 9.46. The molecule has 0 unspecified atom stereocenters. The Bertz CT molecular complexity index is 857. The van der Waals surface area contributed by atoms with E-state index in [1.54, 1.807) is 9.80 Å². The number of para-hydroxylation sites is 1. The SMILES string of the molecule is C[C@H]1c2[nH]c3ccccc3c2C[C@H]2C(=O)N(CCC[NH+](C)C)CC(=O)N21. The Hall–Kier alpha value is -2.34. The van der Waals surface area contributed by atoms with Crippen LogP contribution in [-0.4, -0.2) is 66.4 Å². The molecule has 2 N–H and O–H groups in total. The van der Waals surface area contributed by atoms with Gasteiger partial charge in [-0.25, -0.2) is 0 Å². The number of hydrogen-bond donors (Lipinski definition) is 2. The van der Waals surface area contributed by atoms with E-state index in [0.29, 0.717) is 13.0 Å². The maximum Gasteiger partial charge on any atom is 0.246 e. The zero-order chi connectivity index (χ0) is 18.4. The molecule has 0 saturated carbocycles. The summed E-state index contributed by atoms with van der Waals surface area (Å²) in [6, 6.07) is 7.72. The Balaban J connectivity index is 1.63. The average molecular weight is 355 g/mol. The van der Waals surface area contributed by atoms with Crippen LogP contribution in [0.2, 0.25) is 0 Å². The molecule has 3 heterocycles. The van der Waals surface area contributed by atoms with Gasteiger partial charge in [-0.15, -0.1) is 0 Å². The van der Waals surface area contributed by atoms with Crippen LogP contribution in [0.3, 0.4) is 0 Å². The molecule has 2 aliphatic rings. The van der Waals surface area contributed by atoms with Gasteiger partial charge in [0.25, 0.3) is 0 Å². The molecule has 6 nitrogen and oxygen atoms in total. The largest absolute Gasteiger partial charge is 0.356 e. The molecule has 6 heteroatoms. The molecular formula is C20H27N4O2+. The van der Waals surface area contributed by atoms with Gasteiger partial charge in [0.1, 0.15) is 6.04 Å². The fourth-order valence-corrected chi connectivity index (χ4v) is 4.44. The molecule has 2 aromatic rings. The van der Waals surface area contributed by atoms with Crippen LogP contribution in [0, 0.1) is 0 Å². The van der Waals surface area contributed by atoms with Crippen molar-refractivity contribution >= 4 is 22.7 Å². The van der Waals surface area contributed by atoms with Crippen molar-refractivity contribution in [1.29, 1.82) is 0 Å². The second-order valence-corrected chi connectivity index (χ2v) is 7.83. The second-order valence-electron chi connectivity index (χ2n) is 7.83. The van der Waals surface area contributed by atoms with E-state index in [-0.39, 0.29) is 30.4 Å². The number of hydrogen-bond acceptors (Lipinski definition) is 2. The van der Waals surface area contributed by atoms with Gasteiger partial charge in [0.05, 0.1) is 33.2 Å². The second kappa shape index (κ2) is 6.43. The fraction of sp³-hybridized carbons (Fsp3) is 0.500. The minimum absolute atomic E-state index is 0.0589. The lowest BCUT2D eigenvalue weighted by Gasteiger charge is -2.46. The van der Waals surface area contributed by atoms with E-state index in [0.717, 1.165) is 24.2 Å². The molecule has 0 bridgehead atoms. The number of carbonyl (C=O) groups is 2. The Kier molecular flexibility index (Phi) is 4.23. The van der Waals surface area contributed by atoms with Crippen molar-refractivity contribution in [1.82, 2.24) is 14.8 Å². The van der Waals surface area contributed by atoms with Gasteiger partial charge in [0.15, 0.2) is 0 Å². The van der Waals surface area contributed by atoms with E-state index in [2.05, 4.69) is 31.2 Å². The van der Waals surface area contributed by atoms with Crippen molar-refractivity contribution in [2.45, 2.75) is 31.8 Å². The van der Waals surface area contributed by atoms with Crippen molar-refractivity contribution < 1.29 is 14.5 Å². The average Bonchev–Trinajstić information content (AvgIpc) is 2.98. The molecule has 0 aliphatic carbocycles. The fourth-order valence-electron chi connectivity index (χ4n) is 4.44. The van der Waals surface area contributed by atoms with Crippen LogP contribution >= 0.6 is 0 Å². The first-order chi connectivity index (χ1) is 12.5. The molecular weight excluding hydrogens is 328 g/mol. The number of aromatic nitrogens is 1. The molecule has 2 atom stereocenters. The highest BCUT2D eigenvalue weighted by Crippen LogP contribution is 2.38. The van der Waals surface area contributed by atoms with Gasteiger partial charge in [-0.05, 0) is 18.6 Å². The summed E-state index contributed by atoms with van der Waals surface area (Å²) in [4.78, 5) is 34.3. The van der Waals surface area contributed by atoms with Gasteiger partial charge in [-0.3, -0.25) is 9.59 Å². The number of carbonyl (C=O) groups excluding carboxylic acids is 2. The molecule has 26 heavy (non-hydrogen) atoms. The van der Waals surface area contributed by atoms with E-state index in [4.69, 9.17) is 0 Å². The molecule has 1 aromatic carbocycles. The number of nitrogens with one attached hydrogen (secondary N) is 2. The van der Waals surface area contributed by atoms with E-state index < -0.39 is 0 Å². The minimum atomic E-state index is -0.371. The van der Waals surface area contributed by atoms with E-state index >= 15 is 0 Å². The van der Waals surface area contributed by atoms with Crippen LogP contribution in [0.4, 0.5) is 0 Å². The number of benzene rings is 1. The highest BCUT2D eigenvalue weighted by molar-refractivity contribution is 5.97. The summed E-state index contributed by atoms with van der Waals surface area (Å²) in [5.41, 5.74) is 3.35. The van der Waals surface area contributed by atoms with Crippen LogP contribution in [-0.2, 0) is 16.0 Å². The monoisotopic (exact) mass is 355 g/mol. The molecule has 2 aliphatic heterocycles. The van der Waals surface area contributed by atoms with Crippen LogP contribution in [0.15, 0.2) is 24.3 Å². The zero-order valence-electron chi connectivity index (χ0n) is 15.7. The third kappa shape index (κ3) is 2.69. The number of amides is 2. The molecule has 138 valence electrons. The molecule has 1 saturated heterocycles. The predicted octanol–water partition coefficient (Wildman–Crippen LogP) is 0.359. The lowest BCUT2D eigenvalue weighted by Crippen LogP contribution is -3.05. The van der Waals surface area contributed by atoms with E-state index in [1.165, 1.54) is 15.8 Å².